The molecule has 4 N–H and O–H groups in total. The lowest BCUT2D eigenvalue weighted by Gasteiger charge is -2.09. The quantitative estimate of drug-likeness (QED) is 0.609. The molecule has 2 aromatic rings. The largest absolute Gasteiger partial charge is 0.377 e. The van der Waals surface area contributed by atoms with E-state index in [1.165, 1.54) is 0 Å². The lowest BCUT2D eigenvalue weighted by atomic mass is 9.99. The Morgan fingerprint density at radius 1 is 0.750 bits per heavy atom. The first-order valence-electron chi connectivity index (χ1n) is 6.34. The smallest absolute Gasteiger partial charge is 0.113 e. The molecule has 0 aliphatic rings. The van der Waals surface area contributed by atoms with Crippen LogP contribution in [0.1, 0.15) is 11.1 Å². The van der Waals surface area contributed by atoms with Crippen LogP contribution in [0.3, 0.4) is 0 Å². The first-order valence-corrected chi connectivity index (χ1v) is 6.34. The Bertz CT molecular complexity index is 511. The number of anilines is 2. The van der Waals surface area contributed by atoms with Gasteiger partial charge in [-0.05, 0) is 41.0 Å². The SMILES string of the molecule is C=C(c1ccc(NCO)cc1)c1ccc(NCO)cc1. The summed E-state index contributed by atoms with van der Waals surface area (Å²) in [6, 6.07) is 15.4. The molecule has 0 saturated carbocycles. The maximum Gasteiger partial charge on any atom is 0.113 e. The molecule has 0 aromatic heterocycles. The molecule has 0 aliphatic carbocycles. The molecule has 0 unspecified atom stereocenters. The monoisotopic (exact) mass is 270 g/mol. The Morgan fingerprint density at radius 3 is 1.40 bits per heavy atom. The van der Waals surface area contributed by atoms with Crippen LogP contribution >= 0.6 is 0 Å². The van der Waals surface area contributed by atoms with Crippen molar-refractivity contribution in [2.24, 2.45) is 0 Å². The van der Waals surface area contributed by atoms with Crippen molar-refractivity contribution in [3.8, 4) is 0 Å². The molecule has 0 bridgehead atoms. The second-order valence-electron chi connectivity index (χ2n) is 4.30. The molecule has 0 atom stereocenters. The molecule has 2 rings (SSSR count). The third kappa shape index (κ3) is 3.38. The standard InChI is InChI=1S/C16H18N2O2/c1-12(13-2-6-15(7-3-13)17-10-19)14-4-8-16(9-5-14)18-11-20/h2-9,17-20H,1,10-11H2. The highest BCUT2D eigenvalue weighted by Gasteiger charge is 2.02. The van der Waals surface area contributed by atoms with Crippen molar-refractivity contribution in [3.63, 3.8) is 0 Å². The van der Waals surface area contributed by atoms with E-state index in [0.29, 0.717) is 0 Å². The summed E-state index contributed by atoms with van der Waals surface area (Å²) >= 11 is 0. The lowest BCUT2D eigenvalue weighted by Crippen LogP contribution is -1.99. The number of nitrogens with one attached hydrogen (secondary N) is 2. The summed E-state index contributed by atoms with van der Waals surface area (Å²) in [6.45, 7) is 3.94. The number of aliphatic hydroxyl groups excluding tert-OH is 2. The van der Waals surface area contributed by atoms with Gasteiger partial charge < -0.3 is 20.8 Å². The second kappa shape index (κ2) is 6.75. The minimum Gasteiger partial charge on any atom is -0.377 e. The summed E-state index contributed by atoms with van der Waals surface area (Å²) in [5.41, 5.74) is 4.71. The molecule has 0 aliphatic heterocycles. The predicted molar refractivity (Wildman–Crippen MR) is 82.4 cm³/mol. The third-order valence-corrected chi connectivity index (χ3v) is 3.03. The zero-order valence-corrected chi connectivity index (χ0v) is 11.1. The van der Waals surface area contributed by atoms with Crippen molar-refractivity contribution in [1.29, 1.82) is 0 Å². The van der Waals surface area contributed by atoms with Gasteiger partial charge in [0.05, 0.1) is 0 Å². The van der Waals surface area contributed by atoms with E-state index in [9.17, 15) is 0 Å². The van der Waals surface area contributed by atoms with E-state index < -0.39 is 0 Å². The Balaban J connectivity index is 2.13. The van der Waals surface area contributed by atoms with Crippen LogP contribution in [0.4, 0.5) is 11.4 Å². The summed E-state index contributed by atoms with van der Waals surface area (Å²) in [6.07, 6.45) is 0. The molecule has 2 aromatic carbocycles. The molecule has 0 saturated heterocycles. The van der Waals surface area contributed by atoms with Crippen LogP contribution in [0, 0.1) is 0 Å². The van der Waals surface area contributed by atoms with Crippen molar-refractivity contribution in [2.75, 3.05) is 24.1 Å². The average Bonchev–Trinajstić information content (AvgIpc) is 2.49. The topological polar surface area (TPSA) is 64.5 Å². The van der Waals surface area contributed by atoms with Crippen LogP contribution in [-0.4, -0.2) is 23.7 Å². The second-order valence-corrected chi connectivity index (χ2v) is 4.30. The van der Waals surface area contributed by atoms with Crippen molar-refractivity contribution in [1.82, 2.24) is 0 Å². The fraction of sp³-hybridized carbons (Fsp3) is 0.125. The maximum atomic E-state index is 8.79. The molecule has 4 nitrogen and oxygen atoms in total. The van der Waals surface area contributed by atoms with Crippen LogP contribution in [0.2, 0.25) is 0 Å². The van der Waals surface area contributed by atoms with E-state index in [2.05, 4.69) is 17.2 Å². The summed E-state index contributed by atoms with van der Waals surface area (Å²) in [7, 11) is 0. The van der Waals surface area contributed by atoms with Crippen molar-refractivity contribution >= 4 is 16.9 Å². The van der Waals surface area contributed by atoms with Crippen LogP contribution in [0.15, 0.2) is 55.1 Å². The van der Waals surface area contributed by atoms with Crippen LogP contribution in [-0.2, 0) is 0 Å². The highest BCUT2D eigenvalue weighted by Crippen LogP contribution is 2.24. The summed E-state index contributed by atoms with van der Waals surface area (Å²) in [5.74, 6) is 0. The highest BCUT2D eigenvalue weighted by molar-refractivity contribution is 5.79. The highest BCUT2D eigenvalue weighted by atomic mass is 16.3. The van der Waals surface area contributed by atoms with E-state index >= 15 is 0 Å². The zero-order valence-electron chi connectivity index (χ0n) is 11.1. The van der Waals surface area contributed by atoms with Crippen LogP contribution < -0.4 is 10.6 Å². The number of hydrogen-bond acceptors (Lipinski definition) is 4. The summed E-state index contributed by atoms with van der Waals surface area (Å²) in [5, 5.41) is 23.2. The number of hydrogen-bond donors (Lipinski definition) is 4. The molecule has 0 heterocycles. The molecule has 20 heavy (non-hydrogen) atoms. The van der Waals surface area contributed by atoms with Gasteiger partial charge in [0.1, 0.15) is 13.5 Å². The number of rotatable bonds is 6. The molecule has 4 heteroatoms. The Kier molecular flexibility index (Phi) is 4.76. The first-order chi connectivity index (χ1) is 9.74. The number of aliphatic hydroxyl groups is 2. The fourth-order valence-corrected chi connectivity index (χ4v) is 1.93. The Labute approximate surface area is 118 Å². The van der Waals surface area contributed by atoms with Gasteiger partial charge in [0.2, 0.25) is 0 Å². The summed E-state index contributed by atoms with van der Waals surface area (Å²) in [4.78, 5) is 0. The van der Waals surface area contributed by atoms with Gasteiger partial charge in [0, 0.05) is 11.4 Å². The lowest BCUT2D eigenvalue weighted by molar-refractivity contribution is 0.325. The van der Waals surface area contributed by atoms with E-state index in [0.717, 1.165) is 28.1 Å². The van der Waals surface area contributed by atoms with Gasteiger partial charge in [-0.1, -0.05) is 30.8 Å². The van der Waals surface area contributed by atoms with Gasteiger partial charge in [-0.3, -0.25) is 0 Å². The molecule has 0 spiro atoms. The Hall–Kier alpha value is -2.30. The van der Waals surface area contributed by atoms with Crippen molar-refractivity contribution in [2.45, 2.75) is 0 Å². The van der Waals surface area contributed by atoms with Gasteiger partial charge in [0.25, 0.3) is 0 Å². The minimum absolute atomic E-state index is 0.0837. The van der Waals surface area contributed by atoms with E-state index in [4.69, 9.17) is 10.2 Å². The normalized spacial score (nSPS) is 10.1. The predicted octanol–water partition coefficient (Wildman–Crippen LogP) is 2.47. The summed E-state index contributed by atoms with van der Waals surface area (Å²) < 4.78 is 0. The van der Waals surface area contributed by atoms with Crippen molar-refractivity contribution < 1.29 is 10.2 Å². The van der Waals surface area contributed by atoms with E-state index in [-0.39, 0.29) is 13.5 Å². The molecular formula is C16H18N2O2. The van der Waals surface area contributed by atoms with Gasteiger partial charge >= 0.3 is 0 Å². The van der Waals surface area contributed by atoms with Gasteiger partial charge in [-0.25, -0.2) is 0 Å². The molecule has 104 valence electrons. The minimum atomic E-state index is -0.0837. The van der Waals surface area contributed by atoms with Gasteiger partial charge in [-0.15, -0.1) is 0 Å². The van der Waals surface area contributed by atoms with Crippen LogP contribution in [0.25, 0.3) is 5.57 Å². The average molecular weight is 270 g/mol. The molecule has 0 amide bonds. The fourth-order valence-electron chi connectivity index (χ4n) is 1.93. The van der Waals surface area contributed by atoms with Crippen molar-refractivity contribution in [3.05, 3.63) is 66.2 Å². The van der Waals surface area contributed by atoms with E-state index in [1.54, 1.807) is 0 Å². The van der Waals surface area contributed by atoms with Gasteiger partial charge in [-0.2, -0.15) is 0 Å². The number of benzene rings is 2. The molecule has 0 fully saturated rings. The zero-order chi connectivity index (χ0) is 14.4. The third-order valence-electron chi connectivity index (χ3n) is 3.03. The van der Waals surface area contributed by atoms with Crippen LogP contribution in [0.5, 0.6) is 0 Å². The maximum absolute atomic E-state index is 8.79. The molecule has 0 radical (unpaired) electrons. The van der Waals surface area contributed by atoms with E-state index in [1.807, 2.05) is 48.5 Å². The Morgan fingerprint density at radius 2 is 1.10 bits per heavy atom. The first kappa shape index (κ1) is 14.1. The molecular weight excluding hydrogens is 252 g/mol. The van der Waals surface area contributed by atoms with Gasteiger partial charge in [0.15, 0.2) is 0 Å².